The van der Waals surface area contributed by atoms with Crippen LogP contribution in [0.15, 0.2) is 6.07 Å². The first kappa shape index (κ1) is 12.6. The van der Waals surface area contributed by atoms with Gasteiger partial charge in [-0.2, -0.15) is 5.10 Å². The molecule has 2 aromatic rings. The van der Waals surface area contributed by atoms with Gasteiger partial charge in [-0.25, -0.2) is 0 Å². The molecule has 2 heterocycles. The molecule has 0 atom stereocenters. The van der Waals surface area contributed by atoms with Crippen molar-refractivity contribution in [1.82, 2.24) is 15.1 Å². The molecular weight excluding hydrogens is 262 g/mol. The summed E-state index contributed by atoms with van der Waals surface area (Å²) in [7, 11) is 1.88. The predicted molar refractivity (Wildman–Crippen MR) is 74.5 cm³/mol. The molecule has 3 rings (SSSR count). The molecule has 5 nitrogen and oxygen atoms in total. The van der Waals surface area contributed by atoms with Crippen molar-refractivity contribution >= 4 is 27.5 Å². The van der Waals surface area contributed by atoms with Crippen LogP contribution in [0.25, 0.3) is 10.2 Å². The Balaban J connectivity index is 1.87. The number of nitrogens with zero attached hydrogens (tertiary/aromatic N) is 2. The number of nitrogens with one attached hydrogen (secondary N) is 1. The largest absolute Gasteiger partial charge is 0.394 e. The van der Waals surface area contributed by atoms with Crippen molar-refractivity contribution in [1.29, 1.82) is 0 Å². The van der Waals surface area contributed by atoms with Crippen LogP contribution < -0.4 is 5.32 Å². The van der Waals surface area contributed by atoms with Gasteiger partial charge in [-0.1, -0.05) is 0 Å². The minimum atomic E-state index is -0.388. The second-order valence-corrected chi connectivity index (χ2v) is 6.32. The Morgan fingerprint density at radius 2 is 2.37 bits per heavy atom. The Labute approximate surface area is 115 Å². The van der Waals surface area contributed by atoms with Gasteiger partial charge in [0.1, 0.15) is 4.83 Å². The van der Waals surface area contributed by atoms with E-state index in [1.165, 1.54) is 11.3 Å². The summed E-state index contributed by atoms with van der Waals surface area (Å²) in [6.07, 6.45) is 2.79. The van der Waals surface area contributed by atoms with Gasteiger partial charge in [0.15, 0.2) is 0 Å². The first-order valence-electron chi connectivity index (χ1n) is 6.41. The quantitative estimate of drug-likeness (QED) is 0.896. The van der Waals surface area contributed by atoms with Crippen molar-refractivity contribution < 1.29 is 9.90 Å². The molecule has 19 heavy (non-hydrogen) atoms. The van der Waals surface area contributed by atoms with Gasteiger partial charge in [-0.05, 0) is 32.3 Å². The van der Waals surface area contributed by atoms with Crippen molar-refractivity contribution in [3.63, 3.8) is 0 Å². The maximum Gasteiger partial charge on any atom is 0.261 e. The third-order valence-electron chi connectivity index (χ3n) is 3.91. The van der Waals surface area contributed by atoms with Crippen molar-refractivity contribution in [3.05, 3.63) is 16.6 Å². The summed E-state index contributed by atoms with van der Waals surface area (Å²) < 4.78 is 1.80. The summed E-state index contributed by atoms with van der Waals surface area (Å²) in [6.45, 7) is 1.96. The molecule has 1 aliphatic carbocycles. The lowest BCUT2D eigenvalue weighted by atomic mass is 9.77. The summed E-state index contributed by atoms with van der Waals surface area (Å²) in [5, 5.41) is 17.7. The molecule has 1 aliphatic rings. The van der Waals surface area contributed by atoms with E-state index >= 15 is 0 Å². The van der Waals surface area contributed by atoms with Crippen LogP contribution in [0.1, 0.15) is 34.6 Å². The molecule has 0 spiro atoms. The van der Waals surface area contributed by atoms with Crippen LogP contribution in [0.2, 0.25) is 0 Å². The van der Waals surface area contributed by atoms with Crippen LogP contribution in [-0.4, -0.2) is 32.9 Å². The number of hydrogen-bond acceptors (Lipinski definition) is 4. The molecule has 2 N–H and O–H groups in total. The molecule has 0 unspecified atom stereocenters. The number of hydrogen-bond donors (Lipinski definition) is 2. The minimum Gasteiger partial charge on any atom is -0.394 e. The number of carbonyl (C=O) groups excluding carboxylic acids is 1. The molecule has 1 amide bonds. The lowest BCUT2D eigenvalue weighted by Crippen LogP contribution is -2.56. The fraction of sp³-hybridized carbons (Fsp3) is 0.538. The van der Waals surface area contributed by atoms with Gasteiger partial charge in [0, 0.05) is 12.4 Å². The molecule has 2 aromatic heterocycles. The third kappa shape index (κ3) is 1.95. The van der Waals surface area contributed by atoms with Crippen molar-refractivity contribution in [2.24, 2.45) is 7.05 Å². The maximum absolute atomic E-state index is 12.3. The zero-order valence-corrected chi connectivity index (χ0v) is 11.9. The van der Waals surface area contributed by atoms with E-state index < -0.39 is 0 Å². The summed E-state index contributed by atoms with van der Waals surface area (Å²) in [5.74, 6) is -0.0886. The van der Waals surface area contributed by atoms with Crippen LogP contribution in [0.3, 0.4) is 0 Å². The van der Waals surface area contributed by atoms with E-state index in [1.54, 1.807) is 4.68 Å². The molecule has 0 bridgehead atoms. The van der Waals surface area contributed by atoms with E-state index in [-0.39, 0.29) is 18.1 Å². The number of fused-ring (bicyclic) bond motifs is 1. The summed E-state index contributed by atoms with van der Waals surface area (Å²) in [4.78, 5) is 14.0. The van der Waals surface area contributed by atoms with Gasteiger partial charge in [-0.3, -0.25) is 9.48 Å². The van der Waals surface area contributed by atoms with Gasteiger partial charge in [0.05, 0.1) is 22.7 Å². The zero-order valence-electron chi connectivity index (χ0n) is 11.1. The van der Waals surface area contributed by atoms with E-state index in [0.29, 0.717) is 4.88 Å². The normalized spacial score (nSPS) is 17.4. The van der Waals surface area contributed by atoms with E-state index in [4.69, 9.17) is 0 Å². The number of carbonyl (C=O) groups is 1. The van der Waals surface area contributed by atoms with E-state index in [0.717, 1.165) is 35.2 Å². The average molecular weight is 279 g/mol. The Bertz CT molecular complexity index is 600. The fourth-order valence-electron chi connectivity index (χ4n) is 2.55. The lowest BCUT2D eigenvalue weighted by molar-refractivity contribution is 0.0645. The Hall–Kier alpha value is -1.40. The Morgan fingerprint density at radius 1 is 1.63 bits per heavy atom. The van der Waals surface area contributed by atoms with Crippen LogP contribution in [0, 0.1) is 6.92 Å². The van der Waals surface area contributed by atoms with Crippen LogP contribution in [0.4, 0.5) is 0 Å². The standard InChI is InChI=1S/C13H17N3O2S/c1-8-9-6-10(19-12(9)16(2)15-8)11(18)14-13(7-17)4-3-5-13/h6,17H,3-5,7H2,1-2H3,(H,14,18). The van der Waals surface area contributed by atoms with Gasteiger partial charge >= 0.3 is 0 Å². The summed E-state index contributed by atoms with van der Waals surface area (Å²) in [6, 6.07) is 1.89. The van der Waals surface area contributed by atoms with Crippen LogP contribution in [0.5, 0.6) is 0 Å². The molecule has 0 aliphatic heterocycles. The van der Waals surface area contributed by atoms with Gasteiger partial charge in [-0.15, -0.1) is 11.3 Å². The molecule has 0 saturated heterocycles. The maximum atomic E-state index is 12.3. The third-order valence-corrected chi connectivity index (χ3v) is 5.11. The Morgan fingerprint density at radius 3 is 2.89 bits per heavy atom. The first-order chi connectivity index (χ1) is 9.04. The monoisotopic (exact) mass is 279 g/mol. The first-order valence-corrected chi connectivity index (χ1v) is 7.23. The zero-order chi connectivity index (χ0) is 13.6. The van der Waals surface area contributed by atoms with E-state index in [9.17, 15) is 9.90 Å². The topological polar surface area (TPSA) is 67.2 Å². The number of amides is 1. The molecule has 102 valence electrons. The molecule has 6 heteroatoms. The molecule has 1 fully saturated rings. The van der Waals surface area contributed by atoms with Crippen molar-refractivity contribution in [2.75, 3.05) is 6.61 Å². The smallest absolute Gasteiger partial charge is 0.261 e. The molecule has 0 aromatic carbocycles. The fourth-order valence-corrected chi connectivity index (χ4v) is 3.56. The minimum absolute atomic E-state index is 0.0181. The van der Waals surface area contributed by atoms with E-state index in [1.807, 2.05) is 20.0 Å². The molecular formula is C13H17N3O2S. The second-order valence-electron chi connectivity index (χ2n) is 5.28. The van der Waals surface area contributed by atoms with Gasteiger partial charge in [0.25, 0.3) is 5.91 Å². The second kappa shape index (κ2) is 4.31. The lowest BCUT2D eigenvalue weighted by Gasteiger charge is -2.40. The van der Waals surface area contributed by atoms with Gasteiger partial charge in [0.2, 0.25) is 0 Å². The highest BCUT2D eigenvalue weighted by Gasteiger charge is 2.38. The van der Waals surface area contributed by atoms with Gasteiger partial charge < -0.3 is 10.4 Å². The highest BCUT2D eigenvalue weighted by atomic mass is 32.1. The number of aliphatic hydroxyl groups excluding tert-OH is 1. The number of aliphatic hydroxyl groups is 1. The van der Waals surface area contributed by atoms with Crippen LogP contribution >= 0.6 is 11.3 Å². The SMILES string of the molecule is Cc1nn(C)c2sc(C(=O)NC3(CO)CCC3)cc12. The van der Waals surface area contributed by atoms with Crippen molar-refractivity contribution in [2.45, 2.75) is 31.7 Å². The highest BCUT2D eigenvalue weighted by molar-refractivity contribution is 7.20. The number of rotatable bonds is 3. The summed E-state index contributed by atoms with van der Waals surface area (Å²) in [5.41, 5.74) is 0.550. The number of thiophene rings is 1. The highest BCUT2D eigenvalue weighted by Crippen LogP contribution is 2.33. The Kier molecular flexibility index (Phi) is 2.87. The van der Waals surface area contributed by atoms with Crippen LogP contribution in [-0.2, 0) is 7.05 Å². The molecule has 0 radical (unpaired) electrons. The molecule has 1 saturated carbocycles. The summed E-state index contributed by atoms with van der Waals surface area (Å²) >= 11 is 1.45. The predicted octanol–water partition coefficient (Wildman–Crippen LogP) is 1.59. The van der Waals surface area contributed by atoms with Crippen molar-refractivity contribution in [3.8, 4) is 0 Å². The number of aromatic nitrogens is 2. The van der Waals surface area contributed by atoms with E-state index in [2.05, 4.69) is 10.4 Å². The average Bonchev–Trinajstić information content (AvgIpc) is 2.87. The number of aryl methyl sites for hydroxylation is 2.